The Morgan fingerprint density at radius 3 is 3.31 bits per heavy atom. The van der Waals surface area contributed by atoms with Crippen LogP contribution in [0.2, 0.25) is 0 Å². The van der Waals surface area contributed by atoms with Crippen molar-refractivity contribution < 1.29 is 4.79 Å². The van der Waals surface area contributed by atoms with Crippen molar-refractivity contribution in [1.29, 1.82) is 0 Å². The standard InChI is InChI=1S/C9H8N2OS/c12-5-10-4-7-1-2-9-8(3-7)11-6-13-9/h1-3,5-6H,4H2,(H,10,12). The minimum absolute atomic E-state index is 0.566. The molecule has 0 aliphatic rings. The molecule has 0 unspecified atom stereocenters. The van der Waals surface area contributed by atoms with Crippen molar-refractivity contribution in [2.24, 2.45) is 0 Å². The van der Waals surface area contributed by atoms with Gasteiger partial charge < -0.3 is 5.32 Å². The second-order valence-corrected chi connectivity index (χ2v) is 3.54. The van der Waals surface area contributed by atoms with Gasteiger partial charge in [0.05, 0.1) is 15.7 Å². The molecule has 0 fully saturated rings. The van der Waals surface area contributed by atoms with E-state index in [4.69, 9.17) is 0 Å². The fourth-order valence-corrected chi connectivity index (χ4v) is 1.83. The monoisotopic (exact) mass is 192 g/mol. The summed E-state index contributed by atoms with van der Waals surface area (Å²) >= 11 is 1.62. The number of carbonyl (C=O) groups excluding carboxylic acids is 1. The van der Waals surface area contributed by atoms with E-state index in [0.29, 0.717) is 13.0 Å². The van der Waals surface area contributed by atoms with E-state index in [2.05, 4.69) is 10.3 Å². The molecule has 13 heavy (non-hydrogen) atoms. The second-order valence-electron chi connectivity index (χ2n) is 2.65. The van der Waals surface area contributed by atoms with Crippen LogP contribution in [0.15, 0.2) is 23.7 Å². The van der Waals surface area contributed by atoms with Crippen molar-refractivity contribution in [2.45, 2.75) is 6.54 Å². The van der Waals surface area contributed by atoms with Gasteiger partial charge in [-0.15, -0.1) is 11.3 Å². The summed E-state index contributed by atoms with van der Waals surface area (Å²) in [5.41, 5.74) is 3.89. The lowest BCUT2D eigenvalue weighted by Crippen LogP contribution is -2.09. The molecule has 2 rings (SSSR count). The second kappa shape index (κ2) is 3.53. The number of amides is 1. The molecule has 0 atom stereocenters. The Morgan fingerprint density at radius 1 is 1.54 bits per heavy atom. The van der Waals surface area contributed by atoms with Crippen LogP contribution >= 0.6 is 11.3 Å². The van der Waals surface area contributed by atoms with Crippen molar-refractivity contribution in [1.82, 2.24) is 10.3 Å². The van der Waals surface area contributed by atoms with Crippen LogP contribution in [-0.4, -0.2) is 11.4 Å². The number of thiazole rings is 1. The smallest absolute Gasteiger partial charge is 0.207 e. The van der Waals surface area contributed by atoms with Crippen LogP contribution in [0.1, 0.15) is 5.56 Å². The average Bonchev–Trinajstić information content (AvgIpc) is 2.61. The molecule has 0 radical (unpaired) electrons. The van der Waals surface area contributed by atoms with Crippen LogP contribution in [0, 0.1) is 0 Å². The van der Waals surface area contributed by atoms with E-state index in [-0.39, 0.29) is 0 Å². The van der Waals surface area contributed by atoms with E-state index in [1.54, 1.807) is 11.3 Å². The van der Waals surface area contributed by atoms with E-state index in [1.165, 1.54) is 4.70 Å². The third-order valence-corrected chi connectivity index (χ3v) is 2.59. The van der Waals surface area contributed by atoms with Crippen molar-refractivity contribution >= 4 is 28.0 Å². The van der Waals surface area contributed by atoms with Crippen LogP contribution in [0.25, 0.3) is 10.2 Å². The van der Waals surface area contributed by atoms with Crippen LogP contribution in [0.3, 0.4) is 0 Å². The zero-order valence-electron chi connectivity index (χ0n) is 6.86. The molecule has 3 nitrogen and oxygen atoms in total. The molecule has 0 aliphatic carbocycles. The van der Waals surface area contributed by atoms with Gasteiger partial charge in [-0.2, -0.15) is 0 Å². The van der Waals surface area contributed by atoms with Crippen molar-refractivity contribution in [3.63, 3.8) is 0 Å². The molecule has 1 aromatic carbocycles. The highest BCUT2D eigenvalue weighted by atomic mass is 32.1. The molecule has 0 spiro atoms. The van der Waals surface area contributed by atoms with Crippen LogP contribution in [0.4, 0.5) is 0 Å². The van der Waals surface area contributed by atoms with E-state index in [1.807, 2.05) is 23.7 Å². The highest BCUT2D eigenvalue weighted by Gasteiger charge is 1.97. The predicted octanol–water partition coefficient (Wildman–Crippen LogP) is 1.54. The van der Waals surface area contributed by atoms with E-state index >= 15 is 0 Å². The van der Waals surface area contributed by atoms with Gasteiger partial charge in [0.15, 0.2) is 0 Å². The first-order chi connectivity index (χ1) is 6.40. The number of aromatic nitrogens is 1. The molecular formula is C9H8N2OS. The predicted molar refractivity (Wildman–Crippen MR) is 52.5 cm³/mol. The van der Waals surface area contributed by atoms with Gasteiger partial charge in [0.1, 0.15) is 0 Å². The normalized spacial score (nSPS) is 10.2. The van der Waals surface area contributed by atoms with Gasteiger partial charge in [0.2, 0.25) is 6.41 Å². The first kappa shape index (κ1) is 8.19. The van der Waals surface area contributed by atoms with Gasteiger partial charge in [-0.25, -0.2) is 4.98 Å². The summed E-state index contributed by atoms with van der Waals surface area (Å²) in [6, 6.07) is 6.01. The molecule has 0 bridgehead atoms. The van der Waals surface area contributed by atoms with E-state index < -0.39 is 0 Å². The van der Waals surface area contributed by atoms with Gasteiger partial charge in [-0.3, -0.25) is 4.79 Å². The SMILES string of the molecule is O=CNCc1ccc2scnc2c1. The number of nitrogens with one attached hydrogen (secondary N) is 1. The van der Waals surface area contributed by atoms with Crippen LogP contribution < -0.4 is 5.32 Å². The largest absolute Gasteiger partial charge is 0.355 e. The first-order valence-corrected chi connectivity index (χ1v) is 4.77. The zero-order valence-corrected chi connectivity index (χ0v) is 7.67. The molecule has 1 heterocycles. The summed E-state index contributed by atoms with van der Waals surface area (Å²) in [4.78, 5) is 14.3. The van der Waals surface area contributed by atoms with E-state index in [9.17, 15) is 4.79 Å². The first-order valence-electron chi connectivity index (χ1n) is 3.89. The van der Waals surface area contributed by atoms with Gasteiger partial charge in [-0.1, -0.05) is 6.07 Å². The minimum atomic E-state index is 0.566. The summed E-state index contributed by atoms with van der Waals surface area (Å²) in [7, 11) is 0. The molecule has 1 amide bonds. The average molecular weight is 192 g/mol. The molecule has 0 saturated heterocycles. The van der Waals surface area contributed by atoms with Crippen molar-refractivity contribution in [3.8, 4) is 0 Å². The Hall–Kier alpha value is -1.42. The van der Waals surface area contributed by atoms with Gasteiger partial charge >= 0.3 is 0 Å². The lowest BCUT2D eigenvalue weighted by molar-refractivity contribution is -0.109. The quantitative estimate of drug-likeness (QED) is 0.749. The molecular weight excluding hydrogens is 184 g/mol. The highest BCUT2D eigenvalue weighted by Crippen LogP contribution is 2.18. The fourth-order valence-electron chi connectivity index (χ4n) is 1.17. The van der Waals surface area contributed by atoms with Crippen LogP contribution in [0.5, 0.6) is 0 Å². The summed E-state index contributed by atoms with van der Waals surface area (Å²) < 4.78 is 1.18. The molecule has 4 heteroatoms. The number of rotatable bonds is 3. The molecule has 1 aromatic heterocycles. The number of benzene rings is 1. The summed E-state index contributed by atoms with van der Waals surface area (Å²) in [6.45, 7) is 0.566. The van der Waals surface area contributed by atoms with Crippen LogP contribution in [-0.2, 0) is 11.3 Å². The fraction of sp³-hybridized carbons (Fsp3) is 0.111. The number of nitrogens with zero attached hydrogens (tertiary/aromatic N) is 1. The summed E-state index contributed by atoms with van der Waals surface area (Å²) in [5, 5.41) is 2.62. The topological polar surface area (TPSA) is 42.0 Å². The minimum Gasteiger partial charge on any atom is -0.355 e. The van der Waals surface area contributed by atoms with Crippen molar-refractivity contribution in [3.05, 3.63) is 29.3 Å². The Kier molecular flexibility index (Phi) is 2.23. The maximum Gasteiger partial charge on any atom is 0.207 e. The Bertz CT molecular complexity index is 424. The summed E-state index contributed by atoms with van der Waals surface area (Å²) in [5.74, 6) is 0. The zero-order chi connectivity index (χ0) is 9.10. The number of hydrogen-bond donors (Lipinski definition) is 1. The highest BCUT2D eigenvalue weighted by molar-refractivity contribution is 7.16. The number of hydrogen-bond acceptors (Lipinski definition) is 3. The lowest BCUT2D eigenvalue weighted by Gasteiger charge is -1.98. The maximum absolute atomic E-state index is 10.1. The number of fused-ring (bicyclic) bond motifs is 1. The van der Waals surface area contributed by atoms with Gasteiger partial charge in [-0.05, 0) is 17.7 Å². The van der Waals surface area contributed by atoms with Crippen molar-refractivity contribution in [2.75, 3.05) is 0 Å². The Balaban J connectivity index is 2.31. The molecule has 66 valence electrons. The summed E-state index contributed by atoms with van der Waals surface area (Å²) in [6.07, 6.45) is 0.700. The lowest BCUT2D eigenvalue weighted by atomic mass is 10.2. The molecule has 0 saturated carbocycles. The third-order valence-electron chi connectivity index (χ3n) is 1.78. The number of carbonyl (C=O) groups is 1. The van der Waals surface area contributed by atoms with Gasteiger partial charge in [0, 0.05) is 6.54 Å². The maximum atomic E-state index is 10.1. The Morgan fingerprint density at radius 2 is 2.46 bits per heavy atom. The Labute approximate surface area is 79.4 Å². The van der Waals surface area contributed by atoms with Gasteiger partial charge in [0.25, 0.3) is 0 Å². The molecule has 0 aliphatic heterocycles. The molecule has 2 aromatic rings. The third kappa shape index (κ3) is 1.67. The van der Waals surface area contributed by atoms with E-state index in [0.717, 1.165) is 11.1 Å². The molecule has 1 N–H and O–H groups in total.